The second kappa shape index (κ2) is 9.70. The molecule has 0 heterocycles. The zero-order valence-electron chi connectivity index (χ0n) is 17.8. The zero-order valence-corrected chi connectivity index (χ0v) is 18.8. The molecule has 0 N–H and O–H groups in total. The number of hydrogen-bond acceptors (Lipinski definition) is 0. The summed E-state index contributed by atoms with van der Waals surface area (Å²) in [6.45, 7) is 16.2. The monoisotopic (exact) mass is 368 g/mol. The van der Waals surface area contributed by atoms with Crippen LogP contribution in [0.5, 0.6) is 0 Å². The first kappa shape index (κ1) is 21.2. The molecule has 142 valence electrons. The van der Waals surface area contributed by atoms with Crippen molar-refractivity contribution in [3.8, 4) is 11.1 Å². The van der Waals surface area contributed by atoms with Gasteiger partial charge in [0, 0.05) is 0 Å². The lowest BCUT2D eigenvalue weighted by Gasteiger charge is -2.23. The fourth-order valence-electron chi connectivity index (χ4n) is 3.48. The van der Waals surface area contributed by atoms with Crippen LogP contribution in [0.15, 0.2) is 36.4 Å². The number of benzene rings is 2. The largest absolute Gasteiger partial charge is 0.0904 e. The zero-order chi connectivity index (χ0) is 19.3. The first-order chi connectivity index (χ1) is 12.3. The molecule has 2 rings (SSSR count). The predicted octanol–water partition coefficient (Wildman–Crippen LogP) is 7.83. The van der Waals surface area contributed by atoms with Crippen LogP contribution in [-0.2, 0) is 0 Å². The molecule has 0 saturated carbocycles. The van der Waals surface area contributed by atoms with Crippen LogP contribution < -0.4 is 5.30 Å². The van der Waals surface area contributed by atoms with Crippen LogP contribution in [0.1, 0.15) is 95.8 Å². The third-order valence-corrected chi connectivity index (χ3v) is 6.47. The molecule has 0 radical (unpaired) electrons. The summed E-state index contributed by atoms with van der Waals surface area (Å²) in [5, 5.41) is 1.51. The van der Waals surface area contributed by atoms with E-state index in [0.29, 0.717) is 17.8 Å². The van der Waals surface area contributed by atoms with E-state index < -0.39 is 0 Å². The smallest absolute Gasteiger partial charge is 0.0114 e. The summed E-state index contributed by atoms with van der Waals surface area (Å²) in [4.78, 5) is 0. The van der Waals surface area contributed by atoms with Crippen LogP contribution in [0.25, 0.3) is 11.1 Å². The second-order valence-electron chi connectivity index (χ2n) is 8.40. The Kier molecular flexibility index (Phi) is 7.90. The van der Waals surface area contributed by atoms with Crippen molar-refractivity contribution in [3.63, 3.8) is 0 Å². The predicted molar refractivity (Wildman–Crippen MR) is 122 cm³/mol. The van der Waals surface area contributed by atoms with E-state index in [2.05, 4.69) is 84.9 Å². The quantitative estimate of drug-likeness (QED) is 0.329. The topological polar surface area (TPSA) is 0 Å². The van der Waals surface area contributed by atoms with Crippen LogP contribution >= 0.6 is 8.58 Å². The fraction of sp³-hybridized carbons (Fsp3) is 0.520. The molecular formula is C25H37P. The molecule has 0 spiro atoms. The molecule has 0 aromatic heterocycles. The van der Waals surface area contributed by atoms with Gasteiger partial charge in [-0.3, -0.25) is 0 Å². The minimum Gasteiger partial charge on any atom is -0.0904 e. The van der Waals surface area contributed by atoms with Crippen molar-refractivity contribution in [1.82, 2.24) is 0 Å². The minimum atomic E-state index is 0.535. The Labute approximate surface area is 163 Å². The average molecular weight is 369 g/mol. The third-order valence-electron chi connectivity index (χ3n) is 5.14. The van der Waals surface area contributed by atoms with Crippen molar-refractivity contribution in [2.75, 3.05) is 6.16 Å². The number of hydrogen-bond donors (Lipinski definition) is 0. The Morgan fingerprint density at radius 2 is 1.42 bits per heavy atom. The highest BCUT2D eigenvalue weighted by Gasteiger charge is 2.18. The third kappa shape index (κ3) is 5.20. The Morgan fingerprint density at radius 1 is 0.808 bits per heavy atom. The van der Waals surface area contributed by atoms with Gasteiger partial charge in [-0.05, 0) is 69.5 Å². The van der Waals surface area contributed by atoms with Gasteiger partial charge >= 0.3 is 0 Å². The van der Waals surface area contributed by atoms with Gasteiger partial charge in [-0.25, -0.2) is 0 Å². The van der Waals surface area contributed by atoms with E-state index in [1.807, 2.05) is 0 Å². The maximum atomic E-state index is 2.46. The Morgan fingerprint density at radius 3 is 1.92 bits per heavy atom. The highest BCUT2D eigenvalue weighted by atomic mass is 31.1. The molecule has 0 amide bonds. The van der Waals surface area contributed by atoms with Gasteiger partial charge < -0.3 is 0 Å². The molecule has 0 aliphatic rings. The van der Waals surface area contributed by atoms with Gasteiger partial charge in [0.15, 0.2) is 0 Å². The summed E-state index contributed by atoms with van der Waals surface area (Å²) < 4.78 is 0. The van der Waals surface area contributed by atoms with Crippen molar-refractivity contribution < 1.29 is 0 Å². The molecule has 2 aromatic carbocycles. The van der Waals surface area contributed by atoms with Gasteiger partial charge in [0.2, 0.25) is 0 Å². The van der Waals surface area contributed by atoms with Crippen molar-refractivity contribution in [3.05, 3.63) is 53.1 Å². The maximum absolute atomic E-state index is 2.46. The van der Waals surface area contributed by atoms with Crippen molar-refractivity contribution in [2.24, 2.45) is 0 Å². The molecule has 0 bridgehead atoms. The normalized spacial score (nSPS) is 12.2. The van der Waals surface area contributed by atoms with Crippen LogP contribution in [-0.4, -0.2) is 6.16 Å². The van der Waals surface area contributed by atoms with Crippen LogP contribution in [0.4, 0.5) is 0 Å². The molecular weight excluding hydrogens is 331 g/mol. The molecule has 1 heteroatoms. The molecule has 0 aliphatic heterocycles. The summed E-state index contributed by atoms with van der Waals surface area (Å²) >= 11 is 0. The van der Waals surface area contributed by atoms with Crippen molar-refractivity contribution in [2.45, 2.75) is 79.1 Å². The summed E-state index contributed by atoms with van der Waals surface area (Å²) in [5.74, 6) is 1.64. The van der Waals surface area contributed by atoms with Gasteiger partial charge in [-0.15, -0.1) is 0 Å². The highest BCUT2D eigenvalue weighted by Crippen LogP contribution is 2.38. The van der Waals surface area contributed by atoms with Crippen molar-refractivity contribution in [1.29, 1.82) is 0 Å². The summed E-state index contributed by atoms with van der Waals surface area (Å²) in [7, 11) is 0.929. The van der Waals surface area contributed by atoms with Gasteiger partial charge in [-0.2, -0.15) is 0 Å². The van der Waals surface area contributed by atoms with Gasteiger partial charge in [0.25, 0.3) is 0 Å². The Bertz CT molecular complexity index is 681. The lowest BCUT2D eigenvalue weighted by Crippen LogP contribution is -2.05. The maximum Gasteiger partial charge on any atom is -0.0114 e. The molecule has 0 aliphatic carbocycles. The van der Waals surface area contributed by atoms with E-state index in [9.17, 15) is 0 Å². The second-order valence-corrected chi connectivity index (χ2v) is 9.83. The SMILES string of the molecule is CCCCPc1cccc(-c2c(C(C)C)cc(C(C)C)cc2C(C)C)c1. The fourth-order valence-corrected chi connectivity index (χ4v) is 4.77. The summed E-state index contributed by atoms with van der Waals surface area (Å²) in [6, 6.07) is 14.3. The van der Waals surface area contributed by atoms with E-state index >= 15 is 0 Å². The van der Waals surface area contributed by atoms with Gasteiger partial charge in [-0.1, -0.05) is 93.8 Å². The Hall–Kier alpha value is -1.13. The summed E-state index contributed by atoms with van der Waals surface area (Å²) in [5.41, 5.74) is 7.39. The summed E-state index contributed by atoms with van der Waals surface area (Å²) in [6.07, 6.45) is 3.94. The van der Waals surface area contributed by atoms with Gasteiger partial charge in [0.1, 0.15) is 0 Å². The molecule has 2 aromatic rings. The first-order valence-electron chi connectivity index (χ1n) is 10.4. The van der Waals surface area contributed by atoms with E-state index in [0.717, 1.165) is 8.58 Å². The van der Waals surface area contributed by atoms with E-state index in [-0.39, 0.29) is 0 Å². The first-order valence-corrected chi connectivity index (χ1v) is 11.6. The van der Waals surface area contributed by atoms with E-state index in [1.54, 1.807) is 0 Å². The lowest BCUT2D eigenvalue weighted by atomic mass is 9.82. The highest BCUT2D eigenvalue weighted by molar-refractivity contribution is 7.47. The lowest BCUT2D eigenvalue weighted by molar-refractivity contribution is 0.807. The molecule has 1 atom stereocenters. The minimum absolute atomic E-state index is 0.535. The molecule has 0 saturated heterocycles. The van der Waals surface area contributed by atoms with Crippen molar-refractivity contribution >= 4 is 13.9 Å². The molecule has 26 heavy (non-hydrogen) atoms. The standard InChI is InChI=1S/C25H37P/c1-8-9-13-26-22-12-10-11-20(14-22)25-23(18(4)5)15-21(17(2)3)16-24(25)19(6)7/h10-12,14-19,26H,8-9,13H2,1-7H3. The molecule has 0 fully saturated rings. The number of rotatable bonds is 8. The average Bonchev–Trinajstić information content (AvgIpc) is 2.60. The number of unbranched alkanes of at least 4 members (excludes halogenated alkanes) is 1. The van der Waals surface area contributed by atoms with Gasteiger partial charge in [0.05, 0.1) is 0 Å². The van der Waals surface area contributed by atoms with Crippen LogP contribution in [0, 0.1) is 0 Å². The van der Waals surface area contributed by atoms with E-state index in [4.69, 9.17) is 0 Å². The van der Waals surface area contributed by atoms with E-state index in [1.165, 1.54) is 52.1 Å². The Balaban J connectivity index is 2.58. The molecule has 1 unspecified atom stereocenters. The van der Waals surface area contributed by atoms with Crippen LogP contribution in [0.3, 0.4) is 0 Å². The van der Waals surface area contributed by atoms with Crippen LogP contribution in [0.2, 0.25) is 0 Å². The molecule has 0 nitrogen and oxygen atoms in total.